The van der Waals surface area contributed by atoms with Crippen LogP contribution in [-0.4, -0.2) is 23.4 Å². The largest absolute Gasteiger partial charge is 0.355 e. The van der Waals surface area contributed by atoms with Crippen LogP contribution >= 0.6 is 31.9 Å². The van der Waals surface area contributed by atoms with E-state index in [9.17, 15) is 0 Å². The van der Waals surface area contributed by atoms with E-state index in [-0.39, 0.29) is 0 Å². The molecule has 0 unspecified atom stereocenters. The number of aromatic nitrogens is 1. The van der Waals surface area contributed by atoms with Gasteiger partial charge in [-0.3, -0.25) is 0 Å². The van der Waals surface area contributed by atoms with Crippen molar-refractivity contribution in [2.75, 3.05) is 23.3 Å². The molecule has 0 atom stereocenters. The van der Waals surface area contributed by atoms with Crippen LogP contribution in [-0.2, 0) is 0 Å². The van der Waals surface area contributed by atoms with E-state index < -0.39 is 0 Å². The molecule has 0 saturated carbocycles. The molecule has 0 saturated heterocycles. The van der Waals surface area contributed by atoms with Crippen LogP contribution in [0.4, 0.5) is 5.82 Å². The van der Waals surface area contributed by atoms with E-state index in [1.165, 1.54) is 5.56 Å². The van der Waals surface area contributed by atoms with Gasteiger partial charge < -0.3 is 4.90 Å². The number of rotatable bonds is 5. The van der Waals surface area contributed by atoms with Crippen LogP contribution < -0.4 is 4.90 Å². The monoisotopic (exact) mass is 334 g/mol. The summed E-state index contributed by atoms with van der Waals surface area (Å²) in [6, 6.07) is 2.02. The number of nitrogens with zero attached hydrogens (tertiary/aromatic N) is 2. The Bertz CT molecular complexity index is 309. The average Bonchev–Trinajstić information content (AvgIpc) is 2.22. The molecule has 0 bridgehead atoms. The van der Waals surface area contributed by atoms with Crippen LogP contribution in [0.2, 0.25) is 0 Å². The summed E-state index contributed by atoms with van der Waals surface area (Å²) in [7, 11) is 0. The Morgan fingerprint density at radius 3 is 2.73 bits per heavy atom. The van der Waals surface area contributed by atoms with Crippen molar-refractivity contribution in [2.45, 2.75) is 20.3 Å². The maximum Gasteiger partial charge on any atom is 0.143 e. The van der Waals surface area contributed by atoms with Gasteiger partial charge in [0.2, 0.25) is 0 Å². The van der Waals surface area contributed by atoms with E-state index in [0.29, 0.717) is 0 Å². The Morgan fingerprint density at radius 1 is 1.40 bits per heavy atom. The molecule has 15 heavy (non-hydrogen) atoms. The van der Waals surface area contributed by atoms with Crippen molar-refractivity contribution in [3.05, 3.63) is 22.3 Å². The second-order valence-electron chi connectivity index (χ2n) is 3.44. The van der Waals surface area contributed by atoms with Gasteiger partial charge in [-0.25, -0.2) is 4.98 Å². The Labute approximate surface area is 108 Å². The first-order chi connectivity index (χ1) is 7.20. The van der Waals surface area contributed by atoms with Crippen molar-refractivity contribution in [3.8, 4) is 0 Å². The van der Waals surface area contributed by atoms with Gasteiger partial charge in [-0.2, -0.15) is 0 Å². The zero-order chi connectivity index (χ0) is 11.3. The van der Waals surface area contributed by atoms with Gasteiger partial charge >= 0.3 is 0 Å². The second-order valence-corrected chi connectivity index (χ2v) is 5.03. The van der Waals surface area contributed by atoms with Gasteiger partial charge in [0, 0.05) is 24.6 Å². The Morgan fingerprint density at radius 2 is 2.13 bits per heavy atom. The third-order valence-corrected chi connectivity index (χ3v) is 3.55. The highest BCUT2D eigenvalue weighted by Gasteiger charge is 2.11. The summed E-state index contributed by atoms with van der Waals surface area (Å²) in [4.78, 5) is 6.73. The minimum atomic E-state index is 0.967. The van der Waals surface area contributed by atoms with Crippen molar-refractivity contribution in [3.63, 3.8) is 0 Å². The van der Waals surface area contributed by atoms with Crippen molar-refractivity contribution in [1.29, 1.82) is 0 Å². The van der Waals surface area contributed by atoms with Crippen molar-refractivity contribution in [2.24, 2.45) is 0 Å². The number of halogens is 2. The molecule has 1 rings (SSSR count). The lowest BCUT2D eigenvalue weighted by molar-refractivity contribution is 0.781. The molecule has 1 heterocycles. The molecule has 0 aliphatic carbocycles. The van der Waals surface area contributed by atoms with E-state index >= 15 is 0 Å². The highest BCUT2D eigenvalue weighted by atomic mass is 79.9. The lowest BCUT2D eigenvalue weighted by atomic mass is 10.3. The van der Waals surface area contributed by atoms with Gasteiger partial charge in [-0.1, -0.05) is 22.9 Å². The fourth-order valence-corrected chi connectivity index (χ4v) is 2.36. The first-order valence-electron chi connectivity index (χ1n) is 5.12. The Hall–Kier alpha value is -0.0900. The van der Waals surface area contributed by atoms with Gasteiger partial charge in [-0.05, 0) is 40.9 Å². The molecule has 0 aliphatic heterocycles. The molecule has 0 aliphatic rings. The normalized spacial score (nSPS) is 10.4. The molecule has 0 spiro atoms. The summed E-state index contributed by atoms with van der Waals surface area (Å²) >= 11 is 7.08. The first kappa shape index (κ1) is 13.0. The molecule has 1 aromatic heterocycles. The van der Waals surface area contributed by atoms with E-state index in [4.69, 9.17) is 0 Å². The summed E-state index contributed by atoms with van der Waals surface area (Å²) in [6.45, 7) is 6.31. The molecule has 0 amide bonds. The summed E-state index contributed by atoms with van der Waals surface area (Å²) < 4.78 is 1.11. The van der Waals surface area contributed by atoms with E-state index in [0.717, 1.165) is 35.1 Å². The van der Waals surface area contributed by atoms with Crippen LogP contribution in [0.1, 0.15) is 18.9 Å². The van der Waals surface area contributed by atoms with E-state index in [1.807, 2.05) is 12.3 Å². The Kier molecular flexibility index (Phi) is 5.61. The van der Waals surface area contributed by atoms with Crippen LogP contribution in [0.3, 0.4) is 0 Å². The van der Waals surface area contributed by atoms with Crippen molar-refractivity contribution < 1.29 is 0 Å². The molecular formula is C11H16Br2N2. The predicted octanol–water partition coefficient (Wildman–Crippen LogP) is 3.76. The van der Waals surface area contributed by atoms with Crippen molar-refractivity contribution >= 4 is 37.7 Å². The zero-order valence-corrected chi connectivity index (χ0v) is 12.3. The van der Waals surface area contributed by atoms with Gasteiger partial charge in [0.1, 0.15) is 5.82 Å². The molecule has 0 N–H and O–H groups in total. The molecule has 1 aromatic rings. The predicted molar refractivity (Wildman–Crippen MR) is 73.0 cm³/mol. The summed E-state index contributed by atoms with van der Waals surface area (Å²) in [5, 5.41) is 0.967. The fourth-order valence-electron chi connectivity index (χ4n) is 1.44. The van der Waals surface area contributed by atoms with Crippen LogP contribution in [0.25, 0.3) is 0 Å². The molecule has 0 aromatic carbocycles. The topological polar surface area (TPSA) is 16.1 Å². The highest BCUT2D eigenvalue weighted by Crippen LogP contribution is 2.26. The number of anilines is 1. The number of hydrogen-bond donors (Lipinski definition) is 0. The summed E-state index contributed by atoms with van der Waals surface area (Å²) in [6.07, 6.45) is 3.00. The van der Waals surface area contributed by atoms with Gasteiger partial charge in [0.15, 0.2) is 0 Å². The minimum Gasteiger partial charge on any atom is -0.355 e. The van der Waals surface area contributed by atoms with Gasteiger partial charge in [0.05, 0.1) is 4.47 Å². The van der Waals surface area contributed by atoms with Gasteiger partial charge in [-0.15, -0.1) is 0 Å². The molecule has 0 radical (unpaired) electrons. The number of alkyl halides is 1. The van der Waals surface area contributed by atoms with Crippen LogP contribution in [0.15, 0.2) is 16.7 Å². The molecule has 0 fully saturated rings. The molecule has 4 heteroatoms. The highest BCUT2D eigenvalue weighted by molar-refractivity contribution is 9.10. The maximum atomic E-state index is 4.43. The zero-order valence-electron chi connectivity index (χ0n) is 9.13. The SMILES string of the molecule is CCCN(CCBr)c1nccc(C)c1Br. The number of hydrogen-bond acceptors (Lipinski definition) is 2. The number of pyridine rings is 1. The van der Waals surface area contributed by atoms with Crippen LogP contribution in [0.5, 0.6) is 0 Å². The molecule has 2 nitrogen and oxygen atoms in total. The minimum absolute atomic E-state index is 0.967. The third kappa shape index (κ3) is 3.45. The molecular weight excluding hydrogens is 320 g/mol. The lowest BCUT2D eigenvalue weighted by Gasteiger charge is -2.23. The Balaban J connectivity index is 2.94. The average molecular weight is 336 g/mol. The number of aryl methyl sites for hydroxylation is 1. The maximum absolute atomic E-state index is 4.43. The molecule has 84 valence electrons. The van der Waals surface area contributed by atoms with E-state index in [1.54, 1.807) is 0 Å². The smallest absolute Gasteiger partial charge is 0.143 e. The summed E-state index contributed by atoms with van der Waals surface area (Å²) in [5.41, 5.74) is 1.23. The van der Waals surface area contributed by atoms with Gasteiger partial charge in [0.25, 0.3) is 0 Å². The third-order valence-electron chi connectivity index (χ3n) is 2.21. The van der Waals surface area contributed by atoms with E-state index in [2.05, 4.69) is 55.6 Å². The summed E-state index contributed by atoms with van der Waals surface area (Å²) in [5.74, 6) is 1.05. The fraction of sp³-hybridized carbons (Fsp3) is 0.545. The van der Waals surface area contributed by atoms with Crippen molar-refractivity contribution in [1.82, 2.24) is 4.98 Å². The second kappa shape index (κ2) is 6.48. The lowest BCUT2D eigenvalue weighted by Crippen LogP contribution is -2.27. The quantitative estimate of drug-likeness (QED) is 0.761. The standard InChI is InChI=1S/C11H16Br2N2/c1-3-7-15(8-5-12)11-10(13)9(2)4-6-14-11/h4,6H,3,5,7-8H2,1-2H3. The first-order valence-corrected chi connectivity index (χ1v) is 7.04. The van der Waals surface area contributed by atoms with Crippen LogP contribution in [0, 0.1) is 6.92 Å².